The van der Waals surface area contributed by atoms with Gasteiger partial charge in [0, 0.05) is 0 Å². The van der Waals surface area contributed by atoms with Crippen LogP contribution in [0.15, 0.2) is 41.2 Å². The van der Waals surface area contributed by atoms with E-state index in [4.69, 9.17) is 4.74 Å². The van der Waals surface area contributed by atoms with Crippen LogP contribution in [0, 0.1) is 0 Å². The molecule has 0 radical (unpaired) electrons. The number of carbonyl (C=O) groups is 1. The summed E-state index contributed by atoms with van der Waals surface area (Å²) in [6, 6.07) is 9.36. The first kappa shape index (κ1) is 10.2. The summed E-state index contributed by atoms with van der Waals surface area (Å²) in [6.07, 6.45) is 0.498. The van der Waals surface area contributed by atoms with Gasteiger partial charge in [0.15, 0.2) is 0 Å². The van der Waals surface area contributed by atoms with E-state index < -0.39 is 6.09 Å². The Morgan fingerprint density at radius 3 is 2.88 bits per heavy atom. The fraction of sp³-hybridized carbons (Fsp3) is 0.100. The van der Waals surface area contributed by atoms with Gasteiger partial charge in [-0.1, -0.05) is 30.3 Å². The van der Waals surface area contributed by atoms with Crippen LogP contribution in [0.3, 0.4) is 0 Å². The zero-order chi connectivity index (χ0) is 11.2. The average Bonchev–Trinajstić information content (AvgIpc) is 2.81. The highest BCUT2D eigenvalue weighted by molar-refractivity contribution is 5.81. The molecule has 82 valence electrons. The summed E-state index contributed by atoms with van der Waals surface area (Å²) in [5.74, 6) is 0.0815. The molecule has 0 unspecified atom stereocenters. The van der Waals surface area contributed by atoms with E-state index in [-0.39, 0.29) is 12.6 Å². The molecule has 0 fully saturated rings. The standard InChI is InChI=1S/C10H9N3O3/c14-10(12-9-11-7-16-13-9)15-6-8-4-2-1-3-5-8/h1-5,7H,6H2,(H,12,13,14). The number of anilines is 1. The molecule has 0 atom stereocenters. The van der Waals surface area contributed by atoms with Gasteiger partial charge in [-0.05, 0) is 10.7 Å². The topological polar surface area (TPSA) is 77.3 Å². The molecular weight excluding hydrogens is 210 g/mol. The number of benzene rings is 1. The molecule has 16 heavy (non-hydrogen) atoms. The van der Waals surface area contributed by atoms with Crippen LogP contribution in [0.25, 0.3) is 0 Å². The fourth-order valence-corrected chi connectivity index (χ4v) is 1.08. The van der Waals surface area contributed by atoms with Gasteiger partial charge >= 0.3 is 6.09 Å². The van der Waals surface area contributed by atoms with E-state index >= 15 is 0 Å². The smallest absolute Gasteiger partial charge is 0.414 e. The maximum Gasteiger partial charge on any atom is 0.414 e. The predicted molar refractivity (Wildman–Crippen MR) is 54.5 cm³/mol. The van der Waals surface area contributed by atoms with Crippen molar-refractivity contribution >= 4 is 12.0 Å². The Hall–Kier alpha value is -2.37. The van der Waals surface area contributed by atoms with Crippen molar-refractivity contribution in [3.8, 4) is 0 Å². The number of rotatable bonds is 3. The Labute approximate surface area is 91.2 Å². The third-order valence-electron chi connectivity index (χ3n) is 1.79. The zero-order valence-electron chi connectivity index (χ0n) is 8.29. The summed E-state index contributed by atoms with van der Waals surface area (Å²) in [5.41, 5.74) is 0.908. The lowest BCUT2D eigenvalue weighted by Crippen LogP contribution is -2.14. The molecule has 1 amide bonds. The summed E-state index contributed by atoms with van der Waals surface area (Å²) in [7, 11) is 0. The lowest BCUT2D eigenvalue weighted by molar-refractivity contribution is 0.155. The molecule has 1 aromatic carbocycles. The SMILES string of the molecule is O=C(Nc1ncon1)OCc1ccccc1. The molecule has 0 aliphatic rings. The van der Waals surface area contributed by atoms with Crippen LogP contribution < -0.4 is 5.32 Å². The summed E-state index contributed by atoms with van der Waals surface area (Å²) in [4.78, 5) is 14.9. The van der Waals surface area contributed by atoms with Crippen LogP contribution in [0.2, 0.25) is 0 Å². The summed E-state index contributed by atoms with van der Waals surface area (Å²) in [6.45, 7) is 0.199. The van der Waals surface area contributed by atoms with Crippen molar-refractivity contribution in [3.05, 3.63) is 42.3 Å². The lowest BCUT2D eigenvalue weighted by Gasteiger charge is -2.03. The highest BCUT2D eigenvalue weighted by atomic mass is 16.5. The second-order valence-electron chi connectivity index (χ2n) is 2.94. The van der Waals surface area contributed by atoms with E-state index in [2.05, 4.69) is 20.0 Å². The average molecular weight is 219 g/mol. The van der Waals surface area contributed by atoms with E-state index in [9.17, 15) is 4.79 Å². The minimum atomic E-state index is -0.620. The highest BCUT2D eigenvalue weighted by Crippen LogP contribution is 2.02. The molecule has 1 aromatic heterocycles. The van der Waals surface area contributed by atoms with E-state index in [0.717, 1.165) is 12.0 Å². The Balaban J connectivity index is 1.80. The van der Waals surface area contributed by atoms with Crippen molar-refractivity contribution in [1.82, 2.24) is 10.1 Å². The molecule has 2 aromatic rings. The van der Waals surface area contributed by atoms with Gasteiger partial charge in [-0.15, -0.1) is 0 Å². The minimum absolute atomic E-state index is 0.0815. The van der Waals surface area contributed by atoms with Crippen LogP contribution in [0.1, 0.15) is 5.56 Å². The largest absolute Gasteiger partial charge is 0.444 e. The highest BCUT2D eigenvalue weighted by Gasteiger charge is 2.06. The number of nitrogens with zero attached hydrogens (tertiary/aromatic N) is 2. The zero-order valence-corrected chi connectivity index (χ0v) is 8.29. The number of nitrogens with one attached hydrogen (secondary N) is 1. The van der Waals surface area contributed by atoms with Crippen LogP contribution >= 0.6 is 0 Å². The Morgan fingerprint density at radius 2 is 2.19 bits per heavy atom. The monoisotopic (exact) mass is 219 g/mol. The van der Waals surface area contributed by atoms with E-state index in [1.807, 2.05) is 30.3 Å². The van der Waals surface area contributed by atoms with Crippen molar-refractivity contribution in [3.63, 3.8) is 0 Å². The summed E-state index contributed by atoms with van der Waals surface area (Å²) < 4.78 is 9.38. The first-order valence-corrected chi connectivity index (χ1v) is 4.58. The minimum Gasteiger partial charge on any atom is -0.444 e. The fourth-order valence-electron chi connectivity index (χ4n) is 1.08. The van der Waals surface area contributed by atoms with Gasteiger partial charge in [-0.3, -0.25) is 5.32 Å². The molecule has 2 rings (SSSR count). The van der Waals surface area contributed by atoms with Crippen LogP contribution in [-0.2, 0) is 11.3 Å². The van der Waals surface area contributed by atoms with Crippen LogP contribution in [0.5, 0.6) is 0 Å². The molecule has 6 nitrogen and oxygen atoms in total. The maximum absolute atomic E-state index is 11.2. The molecule has 0 bridgehead atoms. The van der Waals surface area contributed by atoms with Crippen molar-refractivity contribution in [2.75, 3.05) is 5.32 Å². The van der Waals surface area contributed by atoms with Gasteiger partial charge in [0.05, 0.1) is 0 Å². The molecule has 0 saturated carbocycles. The number of hydrogen-bond donors (Lipinski definition) is 1. The van der Waals surface area contributed by atoms with Gasteiger partial charge in [-0.2, -0.15) is 4.98 Å². The van der Waals surface area contributed by atoms with Crippen molar-refractivity contribution < 1.29 is 14.1 Å². The van der Waals surface area contributed by atoms with E-state index in [1.54, 1.807) is 0 Å². The first-order valence-electron chi connectivity index (χ1n) is 4.58. The maximum atomic E-state index is 11.2. The third-order valence-corrected chi connectivity index (χ3v) is 1.79. The number of amides is 1. The molecule has 6 heteroatoms. The Kier molecular flexibility index (Phi) is 3.12. The van der Waals surface area contributed by atoms with Gasteiger partial charge in [0.1, 0.15) is 6.61 Å². The summed E-state index contributed by atoms with van der Waals surface area (Å²) in [5, 5.41) is 5.73. The van der Waals surface area contributed by atoms with Gasteiger partial charge in [-0.25, -0.2) is 4.79 Å². The van der Waals surface area contributed by atoms with E-state index in [1.165, 1.54) is 0 Å². The van der Waals surface area contributed by atoms with Crippen molar-refractivity contribution in [2.45, 2.75) is 6.61 Å². The van der Waals surface area contributed by atoms with Crippen molar-refractivity contribution in [2.24, 2.45) is 0 Å². The van der Waals surface area contributed by atoms with Gasteiger partial charge in [0.2, 0.25) is 6.39 Å². The molecular formula is C10H9N3O3. The third kappa shape index (κ3) is 2.81. The number of ether oxygens (including phenoxy) is 1. The molecule has 1 N–H and O–H groups in total. The number of hydrogen-bond acceptors (Lipinski definition) is 5. The number of aromatic nitrogens is 2. The Bertz CT molecular complexity index is 442. The van der Waals surface area contributed by atoms with Crippen LogP contribution in [0.4, 0.5) is 10.7 Å². The molecule has 0 aliphatic carbocycles. The predicted octanol–water partition coefficient (Wildman–Crippen LogP) is 1.82. The van der Waals surface area contributed by atoms with Crippen LogP contribution in [-0.4, -0.2) is 16.2 Å². The number of carbonyl (C=O) groups excluding carboxylic acids is 1. The molecule has 0 spiro atoms. The molecule has 0 saturated heterocycles. The normalized spacial score (nSPS) is 9.75. The molecule has 1 heterocycles. The molecule has 0 aliphatic heterocycles. The lowest BCUT2D eigenvalue weighted by atomic mass is 10.2. The quantitative estimate of drug-likeness (QED) is 0.851. The summed E-state index contributed by atoms with van der Waals surface area (Å²) >= 11 is 0. The van der Waals surface area contributed by atoms with Gasteiger partial charge in [0.25, 0.3) is 5.95 Å². The Morgan fingerprint density at radius 1 is 1.38 bits per heavy atom. The van der Waals surface area contributed by atoms with E-state index in [0.29, 0.717) is 0 Å². The van der Waals surface area contributed by atoms with Gasteiger partial charge < -0.3 is 9.26 Å². The second-order valence-corrected chi connectivity index (χ2v) is 2.94. The first-order chi connectivity index (χ1) is 7.84. The second kappa shape index (κ2) is 4.92. The van der Waals surface area contributed by atoms with Crippen molar-refractivity contribution in [1.29, 1.82) is 0 Å².